The first kappa shape index (κ1) is 40.1. The molecule has 12 aromatic rings. The molecule has 0 spiro atoms. The molecule has 0 radical (unpaired) electrons. The Morgan fingerprint density at radius 2 is 0.882 bits per heavy atom. The van der Waals surface area contributed by atoms with E-state index in [0.29, 0.717) is 39.9 Å². The fourth-order valence-corrected chi connectivity index (χ4v) is 9.87. The topological polar surface area (TPSA) is 76.7 Å². The molecule has 0 fully saturated rings. The molecule has 0 unspecified atom stereocenters. The molecule has 7 heteroatoms. The van der Waals surface area contributed by atoms with Crippen molar-refractivity contribution >= 4 is 49.3 Å². The number of nitrogens with zero attached hydrogens (tertiary/aromatic N) is 7. The first-order valence-electron chi connectivity index (χ1n) is 22.5. The van der Waals surface area contributed by atoms with Crippen LogP contribution < -0.4 is 0 Å². The molecule has 0 amide bonds. The molecule has 0 aliphatic heterocycles. The zero-order valence-electron chi connectivity index (χ0n) is 37.2. The first-order chi connectivity index (χ1) is 33.4. The molecule has 0 N–H and O–H groups in total. The lowest BCUT2D eigenvalue weighted by molar-refractivity contribution is 1.06. The van der Waals surface area contributed by atoms with E-state index in [2.05, 4.69) is 167 Å². The highest BCUT2D eigenvalue weighted by atomic mass is 15.1. The van der Waals surface area contributed by atoms with Gasteiger partial charge in [0.05, 0.1) is 51.6 Å². The molecule has 3 aromatic heterocycles. The van der Waals surface area contributed by atoms with Gasteiger partial charge >= 0.3 is 0 Å². The summed E-state index contributed by atoms with van der Waals surface area (Å²) in [6, 6.07) is 70.8. The van der Waals surface area contributed by atoms with E-state index >= 15 is 0 Å². The van der Waals surface area contributed by atoms with Crippen molar-refractivity contribution in [2.24, 2.45) is 0 Å². The zero-order valence-corrected chi connectivity index (χ0v) is 37.2. The maximum Gasteiger partial charge on any atom is 0.188 e. The lowest BCUT2D eigenvalue weighted by Crippen LogP contribution is -2.05. The predicted octanol–water partition coefficient (Wildman–Crippen LogP) is 15.4. The fraction of sp³-hybridized carbons (Fsp3) is 0.0328. The van der Waals surface area contributed by atoms with Gasteiger partial charge in [-0.3, -0.25) is 0 Å². The normalized spacial score (nSPS) is 11.4. The van der Waals surface area contributed by atoms with Crippen molar-refractivity contribution in [3.63, 3.8) is 0 Å². The highest BCUT2D eigenvalue weighted by Gasteiger charge is 2.23. The van der Waals surface area contributed by atoms with Crippen molar-refractivity contribution in [1.82, 2.24) is 24.1 Å². The van der Waals surface area contributed by atoms with E-state index in [1.54, 1.807) is 0 Å². The second-order valence-corrected chi connectivity index (χ2v) is 17.1. The third kappa shape index (κ3) is 6.61. The Morgan fingerprint density at radius 3 is 1.43 bits per heavy atom. The monoisotopic (exact) mass is 869 g/mol. The Bertz CT molecular complexity index is 3840. The van der Waals surface area contributed by atoms with Crippen LogP contribution in [0.4, 0.5) is 5.69 Å². The smallest absolute Gasteiger partial charge is 0.188 e. The van der Waals surface area contributed by atoms with Crippen LogP contribution in [-0.4, -0.2) is 24.1 Å². The predicted molar refractivity (Wildman–Crippen MR) is 276 cm³/mol. The molecule has 3 heterocycles. The van der Waals surface area contributed by atoms with Crippen LogP contribution in [0.1, 0.15) is 16.7 Å². The Hall–Kier alpha value is -9.43. The third-order valence-corrected chi connectivity index (χ3v) is 13.1. The zero-order chi connectivity index (χ0) is 45.9. The summed E-state index contributed by atoms with van der Waals surface area (Å²) in [5, 5.41) is 14.9. The Labute approximate surface area is 393 Å². The van der Waals surface area contributed by atoms with Gasteiger partial charge in [-0.25, -0.2) is 19.8 Å². The van der Waals surface area contributed by atoms with Gasteiger partial charge in [0.1, 0.15) is 0 Å². The molecule has 0 aliphatic carbocycles. The number of aromatic nitrogens is 5. The minimum absolute atomic E-state index is 0.396. The van der Waals surface area contributed by atoms with E-state index in [1.807, 2.05) is 66.7 Å². The van der Waals surface area contributed by atoms with Crippen molar-refractivity contribution in [3.8, 4) is 73.9 Å². The Kier molecular flexibility index (Phi) is 9.57. The molecule has 0 aliphatic rings. The van der Waals surface area contributed by atoms with E-state index in [1.165, 1.54) is 22.3 Å². The summed E-state index contributed by atoms with van der Waals surface area (Å²) in [5.74, 6) is 1.26. The van der Waals surface area contributed by atoms with E-state index in [4.69, 9.17) is 21.5 Å². The third-order valence-electron chi connectivity index (χ3n) is 13.1. The summed E-state index contributed by atoms with van der Waals surface area (Å²) in [6.45, 7) is 12.5. The Balaban J connectivity index is 1.11. The minimum Gasteiger partial charge on any atom is -0.309 e. The number of hydrogen-bond donors (Lipinski definition) is 0. The van der Waals surface area contributed by atoms with Gasteiger partial charge in [-0.05, 0) is 114 Å². The molecule has 0 atom stereocenters. The van der Waals surface area contributed by atoms with Crippen LogP contribution in [-0.2, 0) is 0 Å². The second kappa shape index (κ2) is 16.2. The number of aryl methyl sites for hydroxylation is 2. The summed E-state index contributed by atoms with van der Waals surface area (Å²) < 4.78 is 4.51. The molecule has 7 nitrogen and oxygen atoms in total. The molecule has 0 saturated heterocycles. The summed E-state index contributed by atoms with van der Waals surface area (Å²) >= 11 is 0. The first-order valence-corrected chi connectivity index (χ1v) is 22.5. The fourth-order valence-electron chi connectivity index (χ4n) is 9.87. The van der Waals surface area contributed by atoms with Crippen molar-refractivity contribution in [1.29, 1.82) is 5.26 Å². The lowest BCUT2D eigenvalue weighted by Gasteiger charge is -2.17. The van der Waals surface area contributed by atoms with Crippen LogP contribution in [0, 0.1) is 31.8 Å². The highest BCUT2D eigenvalue weighted by molar-refractivity contribution is 6.12. The number of benzene rings is 9. The maximum absolute atomic E-state index is 10.4. The van der Waals surface area contributed by atoms with Crippen LogP contribution in [0.2, 0.25) is 0 Å². The number of para-hydroxylation sites is 2. The van der Waals surface area contributed by atoms with E-state index in [-0.39, 0.29) is 0 Å². The summed E-state index contributed by atoms with van der Waals surface area (Å²) in [6.07, 6.45) is 0. The molecule has 0 saturated carbocycles. The number of fused-ring (bicyclic) bond motifs is 6. The van der Waals surface area contributed by atoms with Crippen molar-refractivity contribution < 1.29 is 0 Å². The minimum atomic E-state index is 0.396. The van der Waals surface area contributed by atoms with Gasteiger partial charge in [-0.1, -0.05) is 133 Å². The lowest BCUT2D eigenvalue weighted by atomic mass is 9.99. The van der Waals surface area contributed by atoms with Gasteiger partial charge in [0.25, 0.3) is 0 Å². The number of nitriles is 1. The average Bonchev–Trinajstić information content (AvgIpc) is 3.90. The SMILES string of the molecule is [C-]#[N+]c1ccc(-n2c3ccccc3c3cc(-c4ccccc4C)ccc32)c(-c2nc(-c3ccccc3)nc(-c3cc(C#N)ccc3-n3c4ccccc4c4cc(-c5ccccc5C)ccc43)n2)c1. The molecule has 0 bridgehead atoms. The van der Waals surface area contributed by atoms with Crippen LogP contribution in [0.15, 0.2) is 200 Å². The molecule has 68 heavy (non-hydrogen) atoms. The maximum atomic E-state index is 10.4. The van der Waals surface area contributed by atoms with Gasteiger partial charge in [0.15, 0.2) is 23.2 Å². The van der Waals surface area contributed by atoms with E-state index in [0.717, 1.165) is 71.7 Å². The molecular weight excluding hydrogens is 831 g/mol. The van der Waals surface area contributed by atoms with Crippen molar-refractivity contribution in [2.45, 2.75) is 13.8 Å². The second-order valence-electron chi connectivity index (χ2n) is 17.1. The van der Waals surface area contributed by atoms with Crippen LogP contribution in [0.5, 0.6) is 0 Å². The standard InChI is InChI=1S/C61H39N7/c1-38-15-7-9-19-45(38)42-26-30-55-49(34-42)47-21-11-13-23-53(47)67(55)57-29-25-40(37-62)33-51(57)60-64-59(41-17-5-4-6-18-41)65-61(66-60)52-36-44(63-3)28-32-58(52)68-54-24-14-12-22-48(54)50-35-43(27-31-56(50)68)46-20-10-8-16-39(46)2/h4-36H,1-2H3. The van der Waals surface area contributed by atoms with Crippen molar-refractivity contribution in [2.75, 3.05) is 0 Å². The van der Waals surface area contributed by atoms with Gasteiger partial charge in [0.2, 0.25) is 0 Å². The van der Waals surface area contributed by atoms with Gasteiger partial charge in [-0.2, -0.15) is 5.26 Å². The Morgan fingerprint density at radius 1 is 0.412 bits per heavy atom. The summed E-state index contributed by atoms with van der Waals surface area (Å²) in [5.41, 5.74) is 15.8. The number of rotatable bonds is 7. The quantitative estimate of drug-likeness (QED) is 0.150. The van der Waals surface area contributed by atoms with Crippen LogP contribution in [0.3, 0.4) is 0 Å². The van der Waals surface area contributed by atoms with Crippen LogP contribution in [0.25, 0.3) is 116 Å². The van der Waals surface area contributed by atoms with Gasteiger partial charge in [-0.15, -0.1) is 0 Å². The molecule has 9 aromatic carbocycles. The molecule has 12 rings (SSSR count). The molecular formula is C61H39N7. The highest BCUT2D eigenvalue weighted by Crippen LogP contribution is 2.42. The van der Waals surface area contributed by atoms with Gasteiger partial charge in [0, 0.05) is 38.2 Å². The average molecular weight is 870 g/mol. The largest absolute Gasteiger partial charge is 0.309 e. The van der Waals surface area contributed by atoms with Crippen LogP contribution >= 0.6 is 0 Å². The van der Waals surface area contributed by atoms with Gasteiger partial charge < -0.3 is 9.13 Å². The van der Waals surface area contributed by atoms with E-state index in [9.17, 15) is 5.26 Å². The number of hydrogen-bond acceptors (Lipinski definition) is 4. The summed E-state index contributed by atoms with van der Waals surface area (Å²) in [7, 11) is 0. The summed E-state index contributed by atoms with van der Waals surface area (Å²) in [4.78, 5) is 19.8. The van der Waals surface area contributed by atoms with E-state index < -0.39 is 0 Å². The van der Waals surface area contributed by atoms with Crippen molar-refractivity contribution in [3.05, 3.63) is 228 Å². The molecule has 318 valence electrons.